The van der Waals surface area contributed by atoms with Crippen LogP contribution in [0.15, 0.2) is 0 Å². The maximum atomic E-state index is 10.8. The topological polar surface area (TPSA) is 49.3 Å². The Bertz CT molecular complexity index is 104. The average Bonchev–Trinajstić information content (AvgIpc) is 1.98. The standard InChI is InChI=1S/C7H15NO2.CH4/c1-6(4-3-5-9)7(10)8-2;/h6,9H,3-5H2,1-2H3,(H,8,10);1H4. The Hall–Kier alpha value is -0.570. The molecule has 1 unspecified atom stereocenters. The maximum absolute atomic E-state index is 10.8. The van der Waals surface area contributed by atoms with Crippen LogP contribution in [-0.4, -0.2) is 24.7 Å². The first-order chi connectivity index (χ1) is 4.72. The molecule has 1 atom stereocenters. The molecule has 0 rings (SSSR count). The fraction of sp³-hybridized carbons (Fsp3) is 0.875. The van der Waals surface area contributed by atoms with Crippen molar-refractivity contribution in [2.75, 3.05) is 13.7 Å². The van der Waals surface area contributed by atoms with Crippen molar-refractivity contribution in [1.82, 2.24) is 5.32 Å². The number of aliphatic hydroxyl groups is 1. The van der Waals surface area contributed by atoms with Crippen molar-refractivity contribution in [3.05, 3.63) is 0 Å². The highest BCUT2D eigenvalue weighted by Gasteiger charge is 2.08. The van der Waals surface area contributed by atoms with Gasteiger partial charge in [-0.05, 0) is 12.8 Å². The molecule has 2 N–H and O–H groups in total. The summed E-state index contributed by atoms with van der Waals surface area (Å²) in [7, 11) is 1.62. The molecule has 0 aromatic carbocycles. The van der Waals surface area contributed by atoms with Crippen LogP contribution >= 0.6 is 0 Å². The molecule has 0 aliphatic carbocycles. The smallest absolute Gasteiger partial charge is 0.222 e. The van der Waals surface area contributed by atoms with Gasteiger partial charge >= 0.3 is 0 Å². The molecule has 0 bridgehead atoms. The summed E-state index contributed by atoms with van der Waals surface area (Å²) in [5, 5.41) is 11.0. The van der Waals surface area contributed by atoms with Gasteiger partial charge in [-0.2, -0.15) is 0 Å². The van der Waals surface area contributed by atoms with E-state index in [2.05, 4.69) is 5.32 Å². The number of carbonyl (C=O) groups is 1. The van der Waals surface area contributed by atoms with E-state index in [0.717, 1.165) is 6.42 Å². The summed E-state index contributed by atoms with van der Waals surface area (Å²) >= 11 is 0. The third kappa shape index (κ3) is 5.85. The molecule has 0 aliphatic heterocycles. The molecule has 68 valence electrons. The number of rotatable bonds is 4. The minimum absolute atomic E-state index is 0. The Morgan fingerprint density at radius 3 is 2.55 bits per heavy atom. The Morgan fingerprint density at radius 2 is 2.18 bits per heavy atom. The number of hydrogen-bond donors (Lipinski definition) is 2. The molecule has 3 heteroatoms. The van der Waals surface area contributed by atoms with Crippen molar-refractivity contribution < 1.29 is 9.90 Å². The van der Waals surface area contributed by atoms with Crippen LogP contribution < -0.4 is 5.32 Å². The largest absolute Gasteiger partial charge is 0.396 e. The summed E-state index contributed by atoms with van der Waals surface area (Å²) in [4.78, 5) is 10.8. The van der Waals surface area contributed by atoms with Crippen LogP contribution in [0.25, 0.3) is 0 Å². The second kappa shape index (κ2) is 7.54. The van der Waals surface area contributed by atoms with Crippen LogP contribution in [0.3, 0.4) is 0 Å². The van der Waals surface area contributed by atoms with Gasteiger partial charge in [0.1, 0.15) is 0 Å². The normalized spacial score (nSPS) is 11.5. The minimum atomic E-state index is 0. The van der Waals surface area contributed by atoms with Crippen LogP contribution in [0.2, 0.25) is 0 Å². The van der Waals surface area contributed by atoms with Gasteiger partial charge in [0.15, 0.2) is 0 Å². The van der Waals surface area contributed by atoms with E-state index in [1.807, 2.05) is 6.92 Å². The van der Waals surface area contributed by atoms with Crippen LogP contribution in [0.1, 0.15) is 27.2 Å². The molecule has 0 spiro atoms. The lowest BCUT2D eigenvalue weighted by Gasteiger charge is -2.07. The summed E-state index contributed by atoms with van der Waals surface area (Å²) in [5.41, 5.74) is 0. The molecule has 0 fully saturated rings. The summed E-state index contributed by atoms with van der Waals surface area (Å²) in [6.07, 6.45) is 1.46. The first-order valence-corrected chi connectivity index (χ1v) is 3.54. The van der Waals surface area contributed by atoms with Gasteiger partial charge < -0.3 is 10.4 Å². The number of nitrogens with one attached hydrogen (secondary N) is 1. The Labute approximate surface area is 68.8 Å². The van der Waals surface area contributed by atoms with Crippen LogP contribution in [0.4, 0.5) is 0 Å². The van der Waals surface area contributed by atoms with Crippen LogP contribution in [-0.2, 0) is 4.79 Å². The van der Waals surface area contributed by atoms with Crippen molar-refractivity contribution in [1.29, 1.82) is 0 Å². The lowest BCUT2D eigenvalue weighted by molar-refractivity contribution is -0.124. The molecular formula is C8H19NO2. The van der Waals surface area contributed by atoms with Crippen LogP contribution in [0.5, 0.6) is 0 Å². The molecule has 0 aliphatic rings. The van der Waals surface area contributed by atoms with E-state index in [9.17, 15) is 4.79 Å². The zero-order valence-electron chi connectivity index (χ0n) is 6.55. The monoisotopic (exact) mass is 161 g/mol. The van der Waals surface area contributed by atoms with Gasteiger partial charge in [0.25, 0.3) is 0 Å². The summed E-state index contributed by atoms with van der Waals surface area (Å²) in [6, 6.07) is 0. The molecule has 1 amide bonds. The molecule has 0 heterocycles. The molecule has 11 heavy (non-hydrogen) atoms. The second-order valence-electron chi connectivity index (χ2n) is 2.38. The number of hydrogen-bond acceptors (Lipinski definition) is 2. The van der Waals surface area contributed by atoms with E-state index in [-0.39, 0.29) is 25.9 Å². The highest BCUT2D eigenvalue weighted by molar-refractivity contribution is 5.77. The average molecular weight is 161 g/mol. The van der Waals surface area contributed by atoms with Crippen LogP contribution in [0, 0.1) is 5.92 Å². The molecule has 0 aromatic rings. The van der Waals surface area contributed by atoms with Crippen molar-refractivity contribution >= 4 is 5.91 Å². The fourth-order valence-corrected chi connectivity index (χ4v) is 0.775. The quantitative estimate of drug-likeness (QED) is 0.640. The zero-order chi connectivity index (χ0) is 7.98. The second-order valence-corrected chi connectivity index (χ2v) is 2.38. The third-order valence-corrected chi connectivity index (χ3v) is 1.49. The molecule has 0 saturated heterocycles. The first-order valence-electron chi connectivity index (χ1n) is 3.54. The number of amides is 1. The van der Waals surface area contributed by atoms with Gasteiger partial charge in [-0.25, -0.2) is 0 Å². The highest BCUT2D eigenvalue weighted by Crippen LogP contribution is 2.03. The van der Waals surface area contributed by atoms with E-state index in [4.69, 9.17) is 5.11 Å². The lowest BCUT2D eigenvalue weighted by atomic mass is 10.1. The molecule has 3 nitrogen and oxygen atoms in total. The van der Waals surface area contributed by atoms with Gasteiger partial charge in [0, 0.05) is 19.6 Å². The van der Waals surface area contributed by atoms with Crippen molar-refractivity contribution in [2.45, 2.75) is 27.2 Å². The lowest BCUT2D eigenvalue weighted by Crippen LogP contribution is -2.25. The fourth-order valence-electron chi connectivity index (χ4n) is 0.775. The predicted octanol–water partition coefficient (Wildman–Crippen LogP) is 0.777. The molecule has 0 radical (unpaired) electrons. The van der Waals surface area contributed by atoms with Crippen molar-refractivity contribution in [2.24, 2.45) is 5.92 Å². The van der Waals surface area contributed by atoms with Gasteiger partial charge in [0.05, 0.1) is 0 Å². The minimum Gasteiger partial charge on any atom is -0.396 e. The molecule has 0 saturated carbocycles. The Morgan fingerprint density at radius 1 is 1.64 bits per heavy atom. The number of aliphatic hydroxyl groups excluding tert-OH is 1. The van der Waals surface area contributed by atoms with E-state index in [0.29, 0.717) is 6.42 Å². The van der Waals surface area contributed by atoms with Gasteiger partial charge in [-0.1, -0.05) is 14.4 Å². The molecule has 0 aromatic heterocycles. The van der Waals surface area contributed by atoms with E-state index < -0.39 is 0 Å². The van der Waals surface area contributed by atoms with Gasteiger partial charge in [-0.15, -0.1) is 0 Å². The highest BCUT2D eigenvalue weighted by atomic mass is 16.2. The summed E-state index contributed by atoms with van der Waals surface area (Å²) < 4.78 is 0. The molecular weight excluding hydrogens is 142 g/mol. The van der Waals surface area contributed by atoms with E-state index in [1.165, 1.54) is 0 Å². The van der Waals surface area contributed by atoms with Gasteiger partial charge in [0.2, 0.25) is 5.91 Å². The first kappa shape index (κ1) is 13.1. The zero-order valence-corrected chi connectivity index (χ0v) is 6.55. The summed E-state index contributed by atoms with van der Waals surface area (Å²) in [6.45, 7) is 2.02. The SMILES string of the molecule is C.CNC(=O)C(C)CCCO. The Kier molecular flexibility index (Phi) is 8.94. The number of carbonyl (C=O) groups excluding carboxylic acids is 1. The predicted molar refractivity (Wildman–Crippen MR) is 46.3 cm³/mol. The van der Waals surface area contributed by atoms with E-state index in [1.54, 1.807) is 7.05 Å². The van der Waals surface area contributed by atoms with E-state index >= 15 is 0 Å². The van der Waals surface area contributed by atoms with Crippen molar-refractivity contribution in [3.63, 3.8) is 0 Å². The maximum Gasteiger partial charge on any atom is 0.222 e. The third-order valence-electron chi connectivity index (χ3n) is 1.49. The summed E-state index contributed by atoms with van der Waals surface area (Å²) in [5.74, 6) is 0.0746. The van der Waals surface area contributed by atoms with Crippen molar-refractivity contribution in [3.8, 4) is 0 Å². The Balaban J connectivity index is 0. The van der Waals surface area contributed by atoms with Gasteiger partial charge in [-0.3, -0.25) is 4.79 Å².